The van der Waals surface area contributed by atoms with E-state index in [4.69, 9.17) is 0 Å². The third-order valence-electron chi connectivity index (χ3n) is 6.52. The summed E-state index contributed by atoms with van der Waals surface area (Å²) in [7, 11) is 1.71. The van der Waals surface area contributed by atoms with Crippen LogP contribution in [0.3, 0.4) is 0 Å². The second-order valence-corrected chi connectivity index (χ2v) is 9.99. The maximum absolute atomic E-state index is 13.6. The van der Waals surface area contributed by atoms with Crippen LogP contribution in [0.1, 0.15) is 63.1 Å². The highest BCUT2D eigenvalue weighted by Gasteiger charge is 2.34. The highest BCUT2D eigenvalue weighted by atomic mass is 19.4. The summed E-state index contributed by atoms with van der Waals surface area (Å²) in [5, 5.41) is 18.3. The van der Waals surface area contributed by atoms with E-state index in [2.05, 4.69) is 44.1 Å². The molecule has 7 nitrogen and oxygen atoms in total. The first-order valence-corrected chi connectivity index (χ1v) is 14.3. The lowest BCUT2D eigenvalue weighted by molar-refractivity contribution is -0.138. The van der Waals surface area contributed by atoms with E-state index in [1.165, 1.54) is 23.9 Å². The third kappa shape index (κ3) is 13.2. The van der Waals surface area contributed by atoms with Gasteiger partial charge in [-0.1, -0.05) is 42.9 Å². The molecule has 1 aromatic heterocycles. The fraction of sp³-hybridized carbons (Fsp3) is 0.567. The average Bonchev–Trinajstić information content (AvgIpc) is 3.36. The number of alkyl halides is 6. The van der Waals surface area contributed by atoms with Gasteiger partial charge < -0.3 is 15.5 Å². The molecular formula is C30H45F6N7. The van der Waals surface area contributed by atoms with Gasteiger partial charge in [0.25, 0.3) is 5.95 Å². The molecule has 13 heteroatoms. The molecular weight excluding hydrogens is 572 g/mol. The number of benzene rings is 1. The Morgan fingerprint density at radius 3 is 2.23 bits per heavy atom. The van der Waals surface area contributed by atoms with Gasteiger partial charge in [0.15, 0.2) is 0 Å². The minimum absolute atomic E-state index is 0.241. The van der Waals surface area contributed by atoms with Crippen LogP contribution < -0.4 is 15.5 Å². The van der Waals surface area contributed by atoms with Crippen molar-refractivity contribution in [3.63, 3.8) is 0 Å². The Balaban J connectivity index is 0.000000653. The zero-order valence-electron chi connectivity index (χ0n) is 25.7. The second-order valence-electron chi connectivity index (χ2n) is 9.99. The zero-order chi connectivity index (χ0) is 32.6. The first-order valence-electron chi connectivity index (χ1n) is 14.3. The maximum atomic E-state index is 13.6. The maximum Gasteiger partial charge on any atom is 0.416 e. The molecule has 0 bridgehead atoms. The number of piperidine rings is 1. The van der Waals surface area contributed by atoms with E-state index in [1.54, 1.807) is 26.1 Å². The van der Waals surface area contributed by atoms with Crippen LogP contribution >= 0.6 is 0 Å². The minimum atomic E-state index is -4.35. The van der Waals surface area contributed by atoms with Crippen LogP contribution in [-0.4, -0.2) is 58.6 Å². The van der Waals surface area contributed by atoms with Crippen LogP contribution in [-0.2, 0) is 19.6 Å². The molecule has 1 saturated heterocycles. The molecule has 3 rings (SSSR count). The fourth-order valence-electron chi connectivity index (χ4n) is 4.49. The number of hydrogen-bond donors (Lipinski definition) is 2. The molecule has 0 radical (unpaired) electrons. The summed E-state index contributed by atoms with van der Waals surface area (Å²) in [4.78, 5) is 3.61. The summed E-state index contributed by atoms with van der Waals surface area (Å²) >= 11 is 0. The number of nitrogens with zero attached hydrogens (tertiary/aromatic N) is 5. The molecule has 1 aromatic carbocycles. The van der Waals surface area contributed by atoms with Gasteiger partial charge in [-0.3, -0.25) is 0 Å². The molecule has 0 amide bonds. The van der Waals surface area contributed by atoms with Gasteiger partial charge in [0, 0.05) is 30.4 Å². The van der Waals surface area contributed by atoms with Crippen LogP contribution in [0.2, 0.25) is 0 Å². The number of nitrogens with one attached hydrogen (secondary N) is 2. The van der Waals surface area contributed by atoms with Gasteiger partial charge in [-0.05, 0) is 88.4 Å². The highest BCUT2D eigenvalue weighted by molar-refractivity contribution is 5.59. The number of tetrazole rings is 1. The van der Waals surface area contributed by atoms with Crippen molar-refractivity contribution in [1.82, 2.24) is 25.5 Å². The van der Waals surface area contributed by atoms with Crippen molar-refractivity contribution in [1.29, 1.82) is 0 Å². The van der Waals surface area contributed by atoms with E-state index in [1.807, 2.05) is 13.8 Å². The largest absolute Gasteiger partial charge is 0.416 e. The highest BCUT2D eigenvalue weighted by Crippen LogP contribution is 2.37. The molecule has 1 fully saturated rings. The summed E-state index contributed by atoms with van der Waals surface area (Å²) in [6, 6.07) is 3.33. The number of unbranched alkanes of at least 4 members (excludes halogenated alkanes) is 1. The van der Waals surface area contributed by atoms with E-state index in [9.17, 15) is 26.3 Å². The molecule has 0 spiro atoms. The molecule has 0 atom stereocenters. The number of anilines is 2. The zero-order valence-corrected chi connectivity index (χ0v) is 25.7. The van der Waals surface area contributed by atoms with Crippen molar-refractivity contribution in [3.8, 4) is 0 Å². The first-order chi connectivity index (χ1) is 20.2. The average molecular weight is 618 g/mol. The Morgan fingerprint density at radius 1 is 1.14 bits per heavy atom. The van der Waals surface area contributed by atoms with Gasteiger partial charge in [-0.2, -0.15) is 31.1 Å². The Morgan fingerprint density at radius 2 is 1.77 bits per heavy atom. The predicted molar refractivity (Wildman–Crippen MR) is 161 cm³/mol. The normalized spacial score (nSPS) is 13.9. The van der Waals surface area contributed by atoms with Gasteiger partial charge in [-0.15, -0.1) is 11.7 Å². The van der Waals surface area contributed by atoms with Gasteiger partial charge in [0.1, 0.15) is 0 Å². The Bertz CT molecular complexity index is 1150. The summed E-state index contributed by atoms with van der Waals surface area (Å²) in [5.41, 5.74) is 0.653. The quantitative estimate of drug-likeness (QED) is 0.125. The molecule has 0 unspecified atom stereocenters. The van der Waals surface area contributed by atoms with Gasteiger partial charge in [0.05, 0.1) is 12.6 Å². The van der Waals surface area contributed by atoms with E-state index in [0.29, 0.717) is 31.0 Å². The summed E-state index contributed by atoms with van der Waals surface area (Å²) in [6.07, 6.45) is -0.356. The van der Waals surface area contributed by atoms with Crippen LogP contribution in [0.15, 0.2) is 49.1 Å². The molecule has 43 heavy (non-hydrogen) atoms. The number of allylic oxidation sites excluding steroid dienone is 4. The summed E-state index contributed by atoms with van der Waals surface area (Å²) < 4.78 is 75.3. The molecule has 2 aromatic rings. The van der Waals surface area contributed by atoms with Gasteiger partial charge in [0.2, 0.25) is 0 Å². The Labute approximate surface area is 251 Å². The predicted octanol–water partition coefficient (Wildman–Crippen LogP) is 7.42. The molecule has 2 heterocycles. The van der Waals surface area contributed by atoms with E-state index < -0.39 is 23.5 Å². The number of hydrogen-bond acceptors (Lipinski definition) is 6. The number of aromatic nitrogens is 4. The van der Waals surface area contributed by atoms with Gasteiger partial charge in [-0.25, -0.2) is 0 Å². The monoisotopic (exact) mass is 617 g/mol. The van der Waals surface area contributed by atoms with Crippen LogP contribution in [0.5, 0.6) is 0 Å². The van der Waals surface area contributed by atoms with Crippen LogP contribution in [0.4, 0.5) is 38.0 Å². The second kappa shape index (κ2) is 18.3. The van der Waals surface area contributed by atoms with Crippen molar-refractivity contribution in [2.75, 3.05) is 36.4 Å². The smallest absolute Gasteiger partial charge is 0.368 e. The first kappa shape index (κ1) is 37.7. The molecule has 1 aliphatic rings. The number of aryl methyl sites for hydroxylation is 3. The van der Waals surface area contributed by atoms with Crippen LogP contribution in [0.25, 0.3) is 0 Å². The van der Waals surface area contributed by atoms with Crippen molar-refractivity contribution >= 4 is 11.6 Å². The van der Waals surface area contributed by atoms with E-state index >= 15 is 0 Å². The number of halogens is 6. The molecule has 0 saturated carbocycles. The van der Waals surface area contributed by atoms with Crippen molar-refractivity contribution in [3.05, 3.63) is 65.8 Å². The number of rotatable bonds is 10. The molecule has 242 valence electrons. The molecule has 1 aliphatic heterocycles. The Hall–Kier alpha value is -3.35. The van der Waals surface area contributed by atoms with E-state index in [0.717, 1.165) is 56.1 Å². The van der Waals surface area contributed by atoms with Crippen molar-refractivity contribution < 1.29 is 26.3 Å². The minimum Gasteiger partial charge on any atom is -0.368 e. The molecule has 0 aliphatic carbocycles. The van der Waals surface area contributed by atoms with Crippen molar-refractivity contribution in [2.24, 2.45) is 7.05 Å². The summed E-state index contributed by atoms with van der Waals surface area (Å²) in [6.45, 7) is 16.3. The lowest BCUT2D eigenvalue weighted by Crippen LogP contribution is -2.44. The standard InChI is InChI=1S/C21H32F3N7.C6H7F3.C3H6/c1-4-16-13-15(2)18(21(22,23)24)14-19(16)31(17-7-10-25-11-8-17)12-6-5-9-26-20-27-29-30(3)28-20;1-3-4-5(2)6(7,8)9;1-3-2/h13-14,17,25H,4-12H2,1-3H3,(H,26,28);3-4H,2H2,1H3;3H,1H2,2H3/b;4-3+;. The fourth-order valence-corrected chi connectivity index (χ4v) is 4.49. The topological polar surface area (TPSA) is 70.9 Å². The molecule has 2 N–H and O–H groups in total. The van der Waals surface area contributed by atoms with Crippen LogP contribution in [0, 0.1) is 6.92 Å². The van der Waals surface area contributed by atoms with Gasteiger partial charge >= 0.3 is 12.4 Å². The van der Waals surface area contributed by atoms with E-state index in [-0.39, 0.29) is 6.04 Å². The third-order valence-corrected chi connectivity index (χ3v) is 6.52. The lowest BCUT2D eigenvalue weighted by Gasteiger charge is -2.38. The van der Waals surface area contributed by atoms with Crippen molar-refractivity contribution in [2.45, 2.75) is 78.2 Å². The SMILES string of the molecule is C=C(/C=C/C)C(F)(F)F.C=CC.CCc1cc(C)c(C(F)(F)F)cc1N(CCCCNc1nnn(C)n1)C1CCNCC1. The Kier molecular flexibility index (Phi) is 16.1. The lowest BCUT2D eigenvalue weighted by atomic mass is 9.96. The summed E-state index contributed by atoms with van der Waals surface area (Å²) in [5.74, 6) is 0.485.